The number of nitrogens with one attached hydrogen (secondary N) is 1. The topological polar surface area (TPSA) is 96.0 Å². The van der Waals surface area contributed by atoms with Gasteiger partial charge in [0.1, 0.15) is 18.3 Å². The van der Waals surface area contributed by atoms with Crippen molar-refractivity contribution in [1.29, 1.82) is 0 Å². The molecule has 0 unspecified atom stereocenters. The minimum atomic E-state index is -4.15. The number of hydrogen-bond acceptors (Lipinski definition) is 5. The number of carbonyl (C=O) groups excluding carboxylic acids is 2. The van der Waals surface area contributed by atoms with Gasteiger partial charge in [-0.15, -0.1) is 0 Å². The van der Waals surface area contributed by atoms with Crippen LogP contribution < -0.4 is 14.4 Å². The zero-order valence-corrected chi connectivity index (χ0v) is 26.8. The minimum absolute atomic E-state index is 0.0333. The van der Waals surface area contributed by atoms with E-state index >= 15 is 0 Å². The summed E-state index contributed by atoms with van der Waals surface area (Å²) in [5.74, 6) is -0.268. The van der Waals surface area contributed by atoms with Crippen LogP contribution in [0.5, 0.6) is 5.75 Å². The van der Waals surface area contributed by atoms with E-state index in [9.17, 15) is 18.0 Å². The van der Waals surface area contributed by atoms with Crippen LogP contribution >= 0.6 is 15.9 Å². The lowest BCUT2D eigenvalue weighted by Gasteiger charge is -2.33. The highest BCUT2D eigenvalue weighted by Gasteiger charge is 2.33. The fraction of sp³-hybridized carbons (Fsp3) is 0.355. The maximum Gasteiger partial charge on any atom is 0.264 e. The highest BCUT2D eigenvalue weighted by atomic mass is 79.9. The third kappa shape index (κ3) is 8.81. The molecule has 41 heavy (non-hydrogen) atoms. The molecule has 0 fully saturated rings. The number of rotatable bonds is 11. The Morgan fingerprint density at radius 3 is 2.07 bits per heavy atom. The lowest BCUT2D eigenvalue weighted by Crippen LogP contribution is -2.54. The second kappa shape index (κ2) is 13.5. The first kappa shape index (κ1) is 32.1. The number of hydrogen-bond donors (Lipinski definition) is 1. The maximum absolute atomic E-state index is 14.0. The molecular weight excluding hydrogens is 606 g/mol. The summed E-state index contributed by atoms with van der Waals surface area (Å²) >= 11 is 3.34. The number of benzene rings is 3. The Labute approximate surface area is 251 Å². The lowest BCUT2D eigenvalue weighted by molar-refractivity contribution is -0.140. The van der Waals surface area contributed by atoms with Gasteiger partial charge < -0.3 is 15.0 Å². The van der Waals surface area contributed by atoms with Crippen molar-refractivity contribution >= 4 is 43.5 Å². The first-order chi connectivity index (χ1) is 19.2. The summed E-state index contributed by atoms with van der Waals surface area (Å²) in [5.41, 5.74) is 1.67. The summed E-state index contributed by atoms with van der Waals surface area (Å²) in [6, 6.07) is 19.6. The first-order valence-corrected chi connectivity index (χ1v) is 15.6. The van der Waals surface area contributed by atoms with Crippen molar-refractivity contribution in [3.63, 3.8) is 0 Å². The SMILES string of the molecule is CCOc1ccc(N(CC(=O)N(Cc2ccc(C)cc2)[C@@H](C)C(=O)NC(C)(C)C)S(=O)(=O)c2ccc(Br)cc2)cc1. The molecule has 1 atom stereocenters. The van der Waals surface area contributed by atoms with E-state index in [1.165, 1.54) is 17.0 Å². The van der Waals surface area contributed by atoms with Gasteiger partial charge in [0.15, 0.2) is 0 Å². The van der Waals surface area contributed by atoms with Crippen molar-refractivity contribution in [3.8, 4) is 5.75 Å². The first-order valence-electron chi connectivity index (χ1n) is 13.4. The number of amides is 2. The smallest absolute Gasteiger partial charge is 0.264 e. The van der Waals surface area contributed by atoms with Gasteiger partial charge in [-0.05, 0) is 95.6 Å². The average molecular weight is 645 g/mol. The zero-order valence-electron chi connectivity index (χ0n) is 24.3. The van der Waals surface area contributed by atoms with Crippen LogP contribution in [0.15, 0.2) is 82.2 Å². The van der Waals surface area contributed by atoms with E-state index < -0.39 is 34.1 Å². The van der Waals surface area contributed by atoms with E-state index in [2.05, 4.69) is 21.2 Å². The third-order valence-electron chi connectivity index (χ3n) is 6.26. The number of carbonyl (C=O) groups is 2. The van der Waals surface area contributed by atoms with Crippen molar-refractivity contribution in [3.05, 3.63) is 88.4 Å². The van der Waals surface area contributed by atoms with E-state index in [1.807, 2.05) is 58.9 Å². The summed E-state index contributed by atoms with van der Waals surface area (Å²) in [6.07, 6.45) is 0. The van der Waals surface area contributed by atoms with Gasteiger partial charge in [0, 0.05) is 16.6 Å². The van der Waals surface area contributed by atoms with Gasteiger partial charge in [-0.25, -0.2) is 8.42 Å². The molecule has 3 aromatic rings. The summed E-state index contributed by atoms with van der Waals surface area (Å²) in [7, 11) is -4.15. The van der Waals surface area contributed by atoms with Gasteiger partial charge in [-0.3, -0.25) is 13.9 Å². The molecule has 8 nitrogen and oxygen atoms in total. The van der Waals surface area contributed by atoms with Gasteiger partial charge in [0.05, 0.1) is 17.2 Å². The van der Waals surface area contributed by atoms with E-state index in [4.69, 9.17) is 4.74 Å². The van der Waals surface area contributed by atoms with Gasteiger partial charge >= 0.3 is 0 Å². The van der Waals surface area contributed by atoms with Crippen LogP contribution in [0.25, 0.3) is 0 Å². The second-order valence-corrected chi connectivity index (χ2v) is 13.6. The van der Waals surface area contributed by atoms with Crippen LogP contribution in [-0.2, 0) is 26.2 Å². The van der Waals surface area contributed by atoms with Crippen LogP contribution in [0.2, 0.25) is 0 Å². The monoisotopic (exact) mass is 643 g/mol. The molecule has 0 aliphatic carbocycles. The Balaban J connectivity index is 2.03. The van der Waals surface area contributed by atoms with E-state index in [-0.39, 0.29) is 17.3 Å². The molecule has 3 rings (SSSR count). The number of sulfonamides is 1. The molecular formula is C31H38BrN3O5S. The fourth-order valence-corrected chi connectivity index (χ4v) is 5.76. The van der Waals surface area contributed by atoms with Gasteiger partial charge in [0.25, 0.3) is 10.0 Å². The maximum atomic E-state index is 14.0. The van der Waals surface area contributed by atoms with Crippen LogP contribution in [0, 0.1) is 6.92 Å². The summed E-state index contributed by atoms with van der Waals surface area (Å²) in [5, 5.41) is 2.93. The summed E-state index contributed by atoms with van der Waals surface area (Å²) < 4.78 is 35.2. The Morgan fingerprint density at radius 1 is 0.951 bits per heavy atom. The molecule has 2 amide bonds. The molecule has 1 N–H and O–H groups in total. The molecule has 0 radical (unpaired) electrons. The number of anilines is 1. The molecule has 0 saturated carbocycles. The largest absolute Gasteiger partial charge is 0.494 e. The van der Waals surface area contributed by atoms with Crippen molar-refractivity contribution in [2.24, 2.45) is 0 Å². The van der Waals surface area contributed by atoms with Crippen molar-refractivity contribution in [1.82, 2.24) is 10.2 Å². The van der Waals surface area contributed by atoms with E-state index in [1.54, 1.807) is 43.3 Å². The van der Waals surface area contributed by atoms with Crippen molar-refractivity contribution < 1.29 is 22.7 Å². The predicted molar refractivity (Wildman–Crippen MR) is 165 cm³/mol. The highest BCUT2D eigenvalue weighted by molar-refractivity contribution is 9.10. The van der Waals surface area contributed by atoms with E-state index in [0.717, 1.165) is 19.9 Å². The normalized spacial score (nSPS) is 12.4. The molecule has 10 heteroatoms. The highest BCUT2D eigenvalue weighted by Crippen LogP contribution is 2.27. The molecule has 0 heterocycles. The molecule has 0 spiro atoms. The Kier molecular flexibility index (Phi) is 10.6. The molecule has 220 valence electrons. The predicted octanol–water partition coefficient (Wildman–Crippen LogP) is 5.68. The Morgan fingerprint density at radius 2 is 1.54 bits per heavy atom. The van der Waals surface area contributed by atoms with Gasteiger partial charge in [0.2, 0.25) is 11.8 Å². The Bertz CT molecular complexity index is 1440. The van der Waals surface area contributed by atoms with Gasteiger partial charge in [-0.2, -0.15) is 0 Å². The standard InChI is InChI=1S/C31H38BrN3O5S/c1-7-40-27-16-14-26(15-17-27)35(41(38,39)28-18-12-25(32)13-19-28)21-29(36)34(20-24-10-8-22(2)9-11-24)23(3)30(37)33-31(4,5)6/h8-19,23H,7,20-21H2,1-6H3,(H,33,37)/t23-/m0/s1. The van der Waals surface area contributed by atoms with Gasteiger partial charge in [-0.1, -0.05) is 45.8 Å². The minimum Gasteiger partial charge on any atom is -0.494 e. The van der Waals surface area contributed by atoms with E-state index in [0.29, 0.717) is 18.0 Å². The van der Waals surface area contributed by atoms with Crippen molar-refractivity contribution in [2.75, 3.05) is 17.5 Å². The zero-order chi connectivity index (χ0) is 30.4. The van der Waals surface area contributed by atoms with Crippen LogP contribution in [-0.4, -0.2) is 49.9 Å². The fourth-order valence-electron chi connectivity index (χ4n) is 4.08. The molecule has 0 aliphatic heterocycles. The number of nitrogens with zero attached hydrogens (tertiary/aromatic N) is 2. The molecule has 0 saturated heterocycles. The number of ether oxygens (including phenoxy) is 1. The van der Waals surface area contributed by atoms with Crippen LogP contribution in [0.4, 0.5) is 5.69 Å². The van der Waals surface area contributed by atoms with Crippen LogP contribution in [0.3, 0.4) is 0 Å². The number of halogens is 1. The van der Waals surface area contributed by atoms with Crippen LogP contribution in [0.1, 0.15) is 45.7 Å². The summed E-state index contributed by atoms with van der Waals surface area (Å²) in [6.45, 7) is 11.1. The second-order valence-electron chi connectivity index (χ2n) is 10.8. The average Bonchev–Trinajstić information content (AvgIpc) is 2.91. The lowest BCUT2D eigenvalue weighted by atomic mass is 10.1. The Hall–Kier alpha value is -3.37. The summed E-state index contributed by atoms with van der Waals surface area (Å²) in [4.78, 5) is 28.7. The quantitative estimate of drug-likeness (QED) is 0.290. The van der Waals surface area contributed by atoms with Crippen molar-refractivity contribution in [2.45, 2.75) is 64.6 Å². The third-order valence-corrected chi connectivity index (χ3v) is 8.57. The number of aryl methyl sites for hydroxylation is 1. The molecule has 0 aliphatic rings. The molecule has 3 aromatic carbocycles. The molecule has 0 aromatic heterocycles. The molecule has 0 bridgehead atoms.